The molecule has 0 amide bonds. The maximum absolute atomic E-state index is 5.42. The molecule has 2 rings (SSSR count). The third-order valence-electron chi connectivity index (χ3n) is 4.05. The van der Waals surface area contributed by atoms with Crippen LogP contribution in [0.5, 0.6) is 11.5 Å². The second-order valence-electron chi connectivity index (χ2n) is 6.05. The van der Waals surface area contributed by atoms with Crippen LogP contribution in [0.4, 0.5) is 0 Å². The third kappa shape index (κ3) is 3.89. The van der Waals surface area contributed by atoms with E-state index in [0.29, 0.717) is 24.8 Å². The molecule has 0 spiro atoms. The fourth-order valence-electron chi connectivity index (χ4n) is 2.71. The minimum absolute atomic E-state index is 0.351. The first-order valence-electron chi connectivity index (χ1n) is 7.74. The minimum atomic E-state index is 0.351. The number of fused-ring (bicyclic) bond motifs is 1. The highest BCUT2D eigenvalue weighted by atomic mass is 16.7. The molecule has 112 valence electrons. The molecule has 1 N–H and O–H groups in total. The third-order valence-corrected chi connectivity index (χ3v) is 4.05. The molecular weight excluding hydrogens is 250 g/mol. The van der Waals surface area contributed by atoms with E-state index in [9.17, 15) is 0 Å². The molecule has 1 aliphatic heterocycles. The van der Waals surface area contributed by atoms with Crippen molar-refractivity contribution in [3.05, 3.63) is 23.8 Å². The van der Waals surface area contributed by atoms with Gasteiger partial charge in [0.1, 0.15) is 0 Å². The minimum Gasteiger partial charge on any atom is -0.454 e. The summed E-state index contributed by atoms with van der Waals surface area (Å²) in [5.74, 6) is 2.44. The first kappa shape index (κ1) is 15.2. The molecule has 1 aromatic carbocycles. The second kappa shape index (κ2) is 6.98. The number of ether oxygens (including phenoxy) is 2. The number of hydrogen-bond donors (Lipinski definition) is 1. The summed E-state index contributed by atoms with van der Waals surface area (Å²) < 4.78 is 10.8. The Morgan fingerprint density at radius 2 is 1.90 bits per heavy atom. The predicted molar refractivity (Wildman–Crippen MR) is 82.4 cm³/mol. The summed E-state index contributed by atoms with van der Waals surface area (Å²) in [4.78, 5) is 0. The van der Waals surface area contributed by atoms with E-state index in [2.05, 4.69) is 45.1 Å². The largest absolute Gasteiger partial charge is 0.454 e. The van der Waals surface area contributed by atoms with Crippen molar-refractivity contribution >= 4 is 0 Å². The molecule has 0 bridgehead atoms. The smallest absolute Gasteiger partial charge is 0.231 e. The van der Waals surface area contributed by atoms with Crippen molar-refractivity contribution < 1.29 is 9.47 Å². The van der Waals surface area contributed by atoms with E-state index in [4.69, 9.17) is 9.47 Å². The van der Waals surface area contributed by atoms with Gasteiger partial charge in [0.2, 0.25) is 6.79 Å². The van der Waals surface area contributed by atoms with Gasteiger partial charge in [-0.25, -0.2) is 0 Å². The Kier molecular flexibility index (Phi) is 5.30. The zero-order chi connectivity index (χ0) is 14.5. The Morgan fingerprint density at radius 1 is 1.15 bits per heavy atom. The lowest BCUT2D eigenvalue weighted by Gasteiger charge is -2.25. The average molecular weight is 277 g/mol. The van der Waals surface area contributed by atoms with Crippen molar-refractivity contribution in [3.63, 3.8) is 0 Å². The molecule has 0 aliphatic carbocycles. The highest BCUT2D eigenvalue weighted by Crippen LogP contribution is 2.32. The van der Waals surface area contributed by atoms with Gasteiger partial charge in [0.05, 0.1) is 0 Å². The van der Waals surface area contributed by atoms with Gasteiger partial charge in [-0.05, 0) is 49.8 Å². The van der Waals surface area contributed by atoms with Crippen molar-refractivity contribution in [1.82, 2.24) is 5.32 Å². The molecule has 2 atom stereocenters. The lowest BCUT2D eigenvalue weighted by molar-refractivity contribution is 0.174. The summed E-state index contributed by atoms with van der Waals surface area (Å²) >= 11 is 0. The van der Waals surface area contributed by atoms with E-state index in [1.807, 2.05) is 6.07 Å². The van der Waals surface area contributed by atoms with Crippen LogP contribution in [0.3, 0.4) is 0 Å². The zero-order valence-electron chi connectivity index (χ0n) is 13.1. The van der Waals surface area contributed by atoms with Crippen LogP contribution < -0.4 is 14.8 Å². The van der Waals surface area contributed by atoms with Crippen molar-refractivity contribution in [2.75, 3.05) is 6.79 Å². The molecule has 1 aromatic rings. The Hall–Kier alpha value is -1.22. The summed E-state index contributed by atoms with van der Waals surface area (Å²) in [6, 6.07) is 7.41. The number of rotatable bonds is 7. The van der Waals surface area contributed by atoms with Crippen LogP contribution in [0.25, 0.3) is 0 Å². The molecule has 0 fully saturated rings. The zero-order valence-corrected chi connectivity index (χ0v) is 13.1. The van der Waals surface area contributed by atoms with Crippen molar-refractivity contribution in [1.29, 1.82) is 0 Å². The molecular formula is C17H27NO2. The van der Waals surface area contributed by atoms with Crippen LogP contribution >= 0.6 is 0 Å². The van der Waals surface area contributed by atoms with Crippen molar-refractivity contribution in [2.24, 2.45) is 5.92 Å². The van der Waals surface area contributed by atoms with Crippen LogP contribution in [0, 0.1) is 5.92 Å². The first-order chi connectivity index (χ1) is 9.60. The number of nitrogens with one attached hydrogen (secondary N) is 1. The molecule has 0 saturated heterocycles. The highest BCUT2D eigenvalue weighted by Gasteiger charge is 2.15. The Morgan fingerprint density at radius 3 is 2.60 bits per heavy atom. The molecule has 0 radical (unpaired) electrons. The fraction of sp³-hybridized carbons (Fsp3) is 0.647. The molecule has 1 heterocycles. The quantitative estimate of drug-likeness (QED) is 0.823. The molecule has 0 saturated carbocycles. The van der Waals surface area contributed by atoms with Gasteiger partial charge in [0.15, 0.2) is 11.5 Å². The second-order valence-corrected chi connectivity index (χ2v) is 6.05. The fourth-order valence-corrected chi connectivity index (χ4v) is 2.71. The van der Waals surface area contributed by atoms with E-state index in [1.165, 1.54) is 12.0 Å². The standard InChI is InChI=1S/C17H27NO2/c1-5-15(12(2)3)18-13(4)6-7-14-8-9-16-17(10-14)20-11-19-16/h8-10,12-13,15,18H,5-7,11H2,1-4H3. The lowest BCUT2D eigenvalue weighted by Crippen LogP contribution is -2.39. The normalized spacial score (nSPS) is 16.4. The maximum Gasteiger partial charge on any atom is 0.231 e. The molecule has 3 heteroatoms. The number of hydrogen-bond acceptors (Lipinski definition) is 3. The van der Waals surface area contributed by atoms with Crippen LogP contribution in [0.1, 0.15) is 46.1 Å². The van der Waals surface area contributed by atoms with Gasteiger partial charge in [-0.15, -0.1) is 0 Å². The summed E-state index contributed by atoms with van der Waals surface area (Å²) in [7, 11) is 0. The summed E-state index contributed by atoms with van der Waals surface area (Å²) in [6.45, 7) is 9.45. The van der Waals surface area contributed by atoms with Gasteiger partial charge in [-0.1, -0.05) is 26.8 Å². The molecule has 20 heavy (non-hydrogen) atoms. The lowest BCUT2D eigenvalue weighted by atomic mass is 9.99. The Balaban J connectivity index is 1.82. The van der Waals surface area contributed by atoms with Crippen LogP contribution in [0.15, 0.2) is 18.2 Å². The topological polar surface area (TPSA) is 30.5 Å². The average Bonchev–Trinajstić information content (AvgIpc) is 2.89. The van der Waals surface area contributed by atoms with E-state index in [0.717, 1.165) is 24.3 Å². The van der Waals surface area contributed by atoms with E-state index >= 15 is 0 Å². The molecule has 1 aliphatic rings. The number of aryl methyl sites for hydroxylation is 1. The summed E-state index contributed by atoms with van der Waals surface area (Å²) in [6.07, 6.45) is 3.40. The summed E-state index contributed by atoms with van der Waals surface area (Å²) in [5, 5.41) is 3.73. The van der Waals surface area contributed by atoms with Gasteiger partial charge < -0.3 is 14.8 Å². The van der Waals surface area contributed by atoms with Crippen LogP contribution in [-0.4, -0.2) is 18.9 Å². The van der Waals surface area contributed by atoms with Gasteiger partial charge in [0.25, 0.3) is 0 Å². The van der Waals surface area contributed by atoms with Gasteiger partial charge in [0, 0.05) is 12.1 Å². The molecule has 0 aromatic heterocycles. The predicted octanol–water partition coefficient (Wildman–Crippen LogP) is 3.76. The highest BCUT2D eigenvalue weighted by molar-refractivity contribution is 5.44. The van der Waals surface area contributed by atoms with Gasteiger partial charge in [-0.2, -0.15) is 0 Å². The monoisotopic (exact) mass is 277 g/mol. The summed E-state index contributed by atoms with van der Waals surface area (Å²) in [5.41, 5.74) is 1.32. The molecule has 3 nitrogen and oxygen atoms in total. The van der Waals surface area contributed by atoms with E-state index < -0.39 is 0 Å². The van der Waals surface area contributed by atoms with E-state index in [1.54, 1.807) is 0 Å². The Labute approximate surface area is 122 Å². The van der Waals surface area contributed by atoms with Gasteiger partial charge >= 0.3 is 0 Å². The first-order valence-corrected chi connectivity index (χ1v) is 7.74. The number of benzene rings is 1. The van der Waals surface area contributed by atoms with Crippen molar-refractivity contribution in [3.8, 4) is 11.5 Å². The van der Waals surface area contributed by atoms with Crippen molar-refractivity contribution in [2.45, 2.75) is 59.0 Å². The SMILES string of the molecule is CCC(NC(C)CCc1ccc2c(c1)OCO2)C(C)C. The maximum atomic E-state index is 5.42. The van der Waals surface area contributed by atoms with Crippen LogP contribution in [0.2, 0.25) is 0 Å². The van der Waals surface area contributed by atoms with Crippen LogP contribution in [-0.2, 0) is 6.42 Å². The molecule has 2 unspecified atom stereocenters. The van der Waals surface area contributed by atoms with Gasteiger partial charge in [-0.3, -0.25) is 0 Å². The van der Waals surface area contributed by atoms with E-state index in [-0.39, 0.29) is 0 Å². The Bertz CT molecular complexity index is 431.